The van der Waals surface area contributed by atoms with Crippen LogP contribution in [0.4, 0.5) is 10.8 Å². The molecule has 0 unspecified atom stereocenters. The molecule has 0 saturated carbocycles. The van der Waals surface area contributed by atoms with Gasteiger partial charge in [0.05, 0.1) is 28.7 Å². The van der Waals surface area contributed by atoms with E-state index in [-0.39, 0.29) is 0 Å². The molecule has 0 aliphatic rings. The van der Waals surface area contributed by atoms with Gasteiger partial charge in [-0.1, -0.05) is 83.8 Å². The number of aromatic nitrogens is 3. The minimum Gasteiger partial charge on any atom is -0.329 e. The van der Waals surface area contributed by atoms with E-state index in [4.69, 9.17) is 4.98 Å². The maximum Gasteiger partial charge on any atom is 0.188 e. The number of anilines is 2. The molecule has 0 aliphatic heterocycles. The smallest absolute Gasteiger partial charge is 0.188 e. The van der Waals surface area contributed by atoms with E-state index in [0.717, 1.165) is 37.7 Å². The Morgan fingerprint density at radius 1 is 0.846 bits per heavy atom. The largest absolute Gasteiger partial charge is 0.329 e. The van der Waals surface area contributed by atoms with E-state index in [9.17, 15) is 0 Å². The first-order valence-corrected chi connectivity index (χ1v) is 10.1. The quantitative estimate of drug-likeness (QED) is 0.356. The van der Waals surface area contributed by atoms with Crippen molar-refractivity contribution in [1.82, 2.24) is 15.0 Å². The summed E-state index contributed by atoms with van der Waals surface area (Å²) in [6, 6.07) is 20.6. The van der Waals surface area contributed by atoms with Crippen LogP contribution in [0.3, 0.4) is 0 Å². The van der Waals surface area contributed by atoms with Gasteiger partial charge < -0.3 is 5.32 Å². The normalized spacial score (nSPS) is 10.7. The predicted octanol–water partition coefficient (Wildman–Crippen LogP) is 5.73. The van der Waals surface area contributed by atoms with Crippen molar-refractivity contribution in [3.63, 3.8) is 0 Å². The fraction of sp³-hybridized carbons (Fsp3) is 0.0500. The lowest BCUT2D eigenvalue weighted by atomic mass is 10.1. The van der Waals surface area contributed by atoms with Crippen LogP contribution < -0.4 is 5.32 Å². The van der Waals surface area contributed by atoms with Crippen molar-refractivity contribution in [3.8, 4) is 21.7 Å². The van der Waals surface area contributed by atoms with Crippen molar-refractivity contribution in [2.45, 2.75) is 5.16 Å². The van der Waals surface area contributed by atoms with Gasteiger partial charge in [-0.25, -0.2) is 15.0 Å². The zero-order valence-corrected chi connectivity index (χ0v) is 15.7. The van der Waals surface area contributed by atoms with Gasteiger partial charge >= 0.3 is 0 Å². The third-order valence-electron chi connectivity index (χ3n) is 3.77. The Morgan fingerprint density at radius 3 is 2.08 bits per heavy atom. The van der Waals surface area contributed by atoms with E-state index in [1.54, 1.807) is 23.7 Å². The molecule has 0 fully saturated rings. The first-order chi connectivity index (χ1) is 12.8. The molecule has 1 N–H and O–H groups in total. The molecule has 26 heavy (non-hydrogen) atoms. The molecule has 0 amide bonds. The maximum atomic E-state index is 4.84. The van der Waals surface area contributed by atoms with E-state index < -0.39 is 0 Å². The summed E-state index contributed by atoms with van der Waals surface area (Å²) in [7, 11) is 0. The molecule has 4 rings (SSSR count). The van der Waals surface area contributed by atoms with Crippen LogP contribution in [0, 0.1) is 0 Å². The van der Waals surface area contributed by atoms with E-state index >= 15 is 0 Å². The van der Waals surface area contributed by atoms with E-state index in [1.165, 1.54) is 11.8 Å². The number of nitrogens with one attached hydrogen (secondary N) is 1. The third-order valence-corrected chi connectivity index (χ3v) is 5.37. The van der Waals surface area contributed by atoms with E-state index in [0.29, 0.717) is 0 Å². The highest BCUT2D eigenvalue weighted by Gasteiger charge is 2.15. The summed E-state index contributed by atoms with van der Waals surface area (Å²) in [5, 5.41) is 4.91. The fourth-order valence-corrected chi connectivity index (χ4v) is 3.89. The highest BCUT2D eigenvalue weighted by Crippen LogP contribution is 2.39. The predicted molar refractivity (Wildman–Crippen MR) is 110 cm³/mol. The number of hydrogen-bond acceptors (Lipinski definition) is 6. The molecule has 2 aromatic carbocycles. The van der Waals surface area contributed by atoms with Crippen molar-refractivity contribution in [2.24, 2.45) is 0 Å². The summed E-state index contributed by atoms with van der Waals surface area (Å²) in [5.74, 6) is 0. The Balaban J connectivity index is 1.73. The molecule has 0 atom stereocenters. The van der Waals surface area contributed by atoms with Crippen LogP contribution in [0.15, 0.2) is 78.2 Å². The molecular weight excluding hydrogens is 360 g/mol. The molecule has 4 nitrogen and oxygen atoms in total. The maximum absolute atomic E-state index is 4.84. The highest BCUT2D eigenvalue weighted by molar-refractivity contribution is 7.98. The van der Waals surface area contributed by atoms with E-state index in [2.05, 4.69) is 39.6 Å². The SMILES string of the molecule is CSc1ncc(Nc2nc(-c3ccccc3)c(-c3ccccc3)s2)cn1. The van der Waals surface area contributed by atoms with Gasteiger partial charge in [-0.2, -0.15) is 0 Å². The van der Waals surface area contributed by atoms with Crippen LogP contribution in [0.25, 0.3) is 21.7 Å². The van der Waals surface area contributed by atoms with Gasteiger partial charge in [0.25, 0.3) is 0 Å². The minimum absolute atomic E-state index is 0.754. The average molecular weight is 377 g/mol. The lowest BCUT2D eigenvalue weighted by Crippen LogP contribution is -1.93. The number of thioether (sulfide) groups is 1. The van der Waals surface area contributed by atoms with Crippen LogP contribution >= 0.6 is 23.1 Å². The second-order valence-electron chi connectivity index (χ2n) is 5.51. The first-order valence-electron chi connectivity index (χ1n) is 8.08. The Labute approximate surface area is 160 Å². The number of thiazole rings is 1. The molecule has 0 saturated heterocycles. The molecule has 2 aromatic heterocycles. The molecule has 2 heterocycles. The van der Waals surface area contributed by atoms with E-state index in [1.807, 2.05) is 42.7 Å². The van der Waals surface area contributed by atoms with Gasteiger partial charge in [-0.15, -0.1) is 0 Å². The molecule has 0 spiro atoms. The van der Waals surface area contributed by atoms with Gasteiger partial charge in [0.1, 0.15) is 0 Å². The number of benzene rings is 2. The van der Waals surface area contributed by atoms with Crippen LogP contribution in [0.2, 0.25) is 0 Å². The topological polar surface area (TPSA) is 50.7 Å². The molecule has 0 radical (unpaired) electrons. The van der Waals surface area contributed by atoms with Crippen LogP contribution in [-0.2, 0) is 0 Å². The standard InChI is InChI=1S/C20H16N4S2/c1-25-19-21-12-16(13-22-19)23-20-24-17(14-8-4-2-5-9-14)18(26-20)15-10-6-3-7-11-15/h2-13H,1H3,(H,23,24). The molecule has 0 aliphatic carbocycles. The lowest BCUT2D eigenvalue weighted by Gasteiger charge is -2.02. The molecule has 128 valence electrons. The van der Waals surface area contributed by atoms with Gasteiger partial charge in [0, 0.05) is 5.56 Å². The second-order valence-corrected chi connectivity index (χ2v) is 7.28. The molecule has 6 heteroatoms. The van der Waals surface area contributed by atoms with Crippen molar-refractivity contribution in [3.05, 3.63) is 73.1 Å². The highest BCUT2D eigenvalue weighted by atomic mass is 32.2. The second kappa shape index (κ2) is 7.68. The zero-order valence-electron chi connectivity index (χ0n) is 14.1. The Hall–Kier alpha value is -2.70. The van der Waals surface area contributed by atoms with Crippen molar-refractivity contribution < 1.29 is 0 Å². The fourth-order valence-electron chi connectivity index (χ4n) is 2.56. The van der Waals surface area contributed by atoms with Crippen molar-refractivity contribution in [2.75, 3.05) is 11.6 Å². The third kappa shape index (κ3) is 3.61. The Morgan fingerprint density at radius 2 is 1.46 bits per heavy atom. The van der Waals surface area contributed by atoms with Crippen molar-refractivity contribution >= 4 is 33.9 Å². The van der Waals surface area contributed by atoms with Crippen LogP contribution in [0.5, 0.6) is 0 Å². The average Bonchev–Trinajstić information content (AvgIpc) is 3.14. The monoisotopic (exact) mass is 376 g/mol. The van der Waals surface area contributed by atoms with Gasteiger partial charge in [0.2, 0.25) is 0 Å². The summed E-state index contributed by atoms with van der Waals surface area (Å²) in [6.45, 7) is 0. The summed E-state index contributed by atoms with van der Waals surface area (Å²) in [5.41, 5.74) is 4.07. The number of nitrogens with zero attached hydrogens (tertiary/aromatic N) is 3. The molecular formula is C20H16N4S2. The van der Waals surface area contributed by atoms with Crippen LogP contribution in [-0.4, -0.2) is 21.2 Å². The summed E-state index contributed by atoms with van der Waals surface area (Å²) in [6.07, 6.45) is 5.52. The summed E-state index contributed by atoms with van der Waals surface area (Å²) < 4.78 is 0. The van der Waals surface area contributed by atoms with Gasteiger partial charge in [-0.05, 0) is 11.8 Å². The minimum atomic E-state index is 0.754. The van der Waals surface area contributed by atoms with Crippen molar-refractivity contribution in [1.29, 1.82) is 0 Å². The Bertz CT molecular complexity index is 927. The Kier molecular flexibility index (Phi) is 4.95. The lowest BCUT2D eigenvalue weighted by molar-refractivity contribution is 0.972. The van der Waals surface area contributed by atoms with Gasteiger partial charge in [0.15, 0.2) is 10.3 Å². The number of rotatable bonds is 5. The molecule has 0 bridgehead atoms. The summed E-state index contributed by atoms with van der Waals surface area (Å²) >= 11 is 3.15. The molecule has 4 aromatic rings. The first kappa shape index (κ1) is 16.8. The zero-order chi connectivity index (χ0) is 17.8. The van der Waals surface area contributed by atoms with Crippen LogP contribution in [0.1, 0.15) is 0 Å². The summed E-state index contributed by atoms with van der Waals surface area (Å²) in [4.78, 5) is 14.6. The number of hydrogen-bond donors (Lipinski definition) is 1. The van der Waals surface area contributed by atoms with Gasteiger partial charge in [-0.3, -0.25) is 0 Å².